The summed E-state index contributed by atoms with van der Waals surface area (Å²) >= 11 is 0. The van der Waals surface area contributed by atoms with Gasteiger partial charge in [0.15, 0.2) is 5.66 Å². The van der Waals surface area contributed by atoms with Gasteiger partial charge in [-0.3, -0.25) is 5.73 Å². The Balaban J connectivity index is 2.08. The summed E-state index contributed by atoms with van der Waals surface area (Å²) in [6, 6.07) is 6.25. The predicted molar refractivity (Wildman–Crippen MR) is 105 cm³/mol. The van der Waals surface area contributed by atoms with Gasteiger partial charge in [0.1, 0.15) is 0 Å². The smallest absolute Gasteiger partial charge is 0.418 e. The second-order valence-electron chi connectivity index (χ2n) is 6.68. The summed E-state index contributed by atoms with van der Waals surface area (Å²) in [4.78, 5) is 8.22. The quantitative estimate of drug-likeness (QED) is 0.584. The van der Waals surface area contributed by atoms with Crippen LogP contribution in [0, 0.1) is 13.8 Å². The Hall–Kier alpha value is -3.27. The zero-order chi connectivity index (χ0) is 21.4. The third kappa shape index (κ3) is 3.97. The summed E-state index contributed by atoms with van der Waals surface area (Å²) in [6.07, 6.45) is -2.36. The van der Waals surface area contributed by atoms with Crippen molar-refractivity contribution in [3.05, 3.63) is 58.9 Å². The van der Waals surface area contributed by atoms with Crippen LogP contribution in [0.2, 0.25) is 0 Å². The van der Waals surface area contributed by atoms with Gasteiger partial charge in [0.2, 0.25) is 11.8 Å². The van der Waals surface area contributed by atoms with E-state index in [9.17, 15) is 13.2 Å². The molecule has 6 N–H and O–H groups in total. The number of nitrogens with two attached hydrogens (primary N) is 2. The highest BCUT2D eigenvalue weighted by Crippen LogP contribution is 2.42. The largest absolute Gasteiger partial charge is 0.481 e. The molecule has 1 atom stereocenters. The molecule has 1 aliphatic heterocycles. The Labute approximate surface area is 165 Å². The Kier molecular flexibility index (Phi) is 5.14. The molecule has 1 aliphatic rings. The molecule has 0 amide bonds. The van der Waals surface area contributed by atoms with E-state index in [2.05, 4.69) is 20.6 Å². The van der Waals surface area contributed by atoms with E-state index in [0.717, 1.165) is 17.3 Å². The van der Waals surface area contributed by atoms with Gasteiger partial charge in [-0.05, 0) is 31.0 Å². The molecule has 0 aliphatic carbocycles. The number of rotatable bonds is 3. The van der Waals surface area contributed by atoms with Crippen LogP contribution in [0.4, 0.5) is 24.5 Å². The van der Waals surface area contributed by atoms with Crippen LogP contribution in [-0.2, 0) is 5.66 Å². The van der Waals surface area contributed by atoms with Gasteiger partial charge in [-0.2, -0.15) is 13.2 Å². The van der Waals surface area contributed by atoms with Crippen molar-refractivity contribution in [3.63, 3.8) is 0 Å². The third-order valence-corrected chi connectivity index (χ3v) is 4.52. The van der Waals surface area contributed by atoms with Crippen molar-refractivity contribution in [2.75, 3.05) is 18.2 Å². The summed E-state index contributed by atoms with van der Waals surface area (Å²) < 4.78 is 46.2. The molecule has 3 rings (SSSR count). The zero-order valence-electron chi connectivity index (χ0n) is 16.1. The summed E-state index contributed by atoms with van der Waals surface area (Å²) in [5, 5.41) is 5.46. The molecule has 2 heterocycles. The van der Waals surface area contributed by atoms with E-state index in [1.165, 1.54) is 13.2 Å². The number of hydrogen-bond donors (Lipinski definition) is 4. The molecular weight excluding hydrogens is 385 g/mol. The molecule has 0 bridgehead atoms. The van der Waals surface area contributed by atoms with Gasteiger partial charge < -0.3 is 21.1 Å². The number of ether oxygens (including phenoxy) is 1. The highest BCUT2D eigenvalue weighted by Gasteiger charge is 2.50. The number of pyridine rings is 1. The lowest BCUT2D eigenvalue weighted by Gasteiger charge is -2.34. The number of guanidine groups is 1. The Morgan fingerprint density at radius 3 is 2.55 bits per heavy atom. The average Bonchev–Trinajstić information content (AvgIpc) is 2.62. The number of hydrogen-bond acceptors (Lipinski definition) is 7. The molecule has 0 radical (unpaired) electrons. The predicted octanol–water partition coefficient (Wildman–Crippen LogP) is 2.92. The number of aliphatic imine (C=N–C) groups is 1. The first-order valence-electron chi connectivity index (χ1n) is 8.62. The normalized spacial score (nSPS) is 19.1. The van der Waals surface area contributed by atoms with Crippen LogP contribution in [0.3, 0.4) is 0 Å². The van der Waals surface area contributed by atoms with Gasteiger partial charge in [-0.25, -0.2) is 9.98 Å². The maximum Gasteiger partial charge on any atom is 0.418 e. The summed E-state index contributed by atoms with van der Waals surface area (Å²) in [6.45, 7) is 3.56. The van der Waals surface area contributed by atoms with E-state index in [4.69, 9.17) is 16.2 Å². The number of anilines is 2. The first kappa shape index (κ1) is 20.5. The highest BCUT2D eigenvalue weighted by atomic mass is 19.4. The molecule has 0 spiro atoms. The zero-order valence-corrected chi connectivity index (χ0v) is 16.1. The first-order chi connectivity index (χ1) is 13.5. The van der Waals surface area contributed by atoms with Gasteiger partial charge in [-0.15, -0.1) is 0 Å². The molecule has 29 heavy (non-hydrogen) atoms. The van der Waals surface area contributed by atoms with Crippen molar-refractivity contribution >= 4 is 17.3 Å². The topological polar surface area (TPSA) is 111 Å². The van der Waals surface area contributed by atoms with Crippen LogP contribution in [-0.4, -0.2) is 24.2 Å². The summed E-state index contributed by atoms with van der Waals surface area (Å²) in [7, 11) is 1.46. The number of nitrogens with zero attached hydrogens (tertiary/aromatic N) is 2. The number of nitrogen functional groups attached to an aromatic ring is 1. The van der Waals surface area contributed by atoms with E-state index in [1.54, 1.807) is 38.2 Å². The molecule has 1 aromatic heterocycles. The average molecular weight is 406 g/mol. The van der Waals surface area contributed by atoms with Crippen LogP contribution < -0.4 is 26.8 Å². The molecule has 7 nitrogen and oxygen atoms in total. The van der Waals surface area contributed by atoms with Crippen molar-refractivity contribution in [3.8, 4) is 5.88 Å². The Morgan fingerprint density at radius 2 is 1.93 bits per heavy atom. The fourth-order valence-corrected chi connectivity index (χ4v) is 2.99. The maximum atomic E-state index is 13.7. The van der Waals surface area contributed by atoms with E-state index < -0.39 is 17.4 Å². The Bertz CT molecular complexity index is 1000. The molecule has 0 fully saturated rings. The first-order valence-corrected chi connectivity index (χ1v) is 8.62. The summed E-state index contributed by atoms with van der Waals surface area (Å²) in [5.41, 5.74) is 11.2. The number of methoxy groups -OCH3 is 1. The summed E-state index contributed by atoms with van der Waals surface area (Å²) in [5.74, 6) is 0.361. The van der Waals surface area contributed by atoms with Crippen LogP contribution in [0.1, 0.15) is 16.7 Å². The molecule has 1 aromatic carbocycles. The van der Waals surface area contributed by atoms with Crippen LogP contribution in [0.15, 0.2) is 47.2 Å². The van der Waals surface area contributed by atoms with E-state index in [1.807, 2.05) is 0 Å². The molecule has 0 saturated heterocycles. The lowest BCUT2D eigenvalue weighted by Crippen LogP contribution is -2.49. The van der Waals surface area contributed by atoms with Gasteiger partial charge >= 0.3 is 6.18 Å². The van der Waals surface area contributed by atoms with Crippen molar-refractivity contribution in [1.29, 1.82) is 0 Å². The minimum atomic E-state index is -4.72. The molecule has 10 heteroatoms. The van der Waals surface area contributed by atoms with Gasteiger partial charge in [0, 0.05) is 29.7 Å². The number of alkyl halides is 3. The lowest BCUT2D eigenvalue weighted by atomic mass is 9.89. The molecule has 2 aromatic rings. The van der Waals surface area contributed by atoms with Gasteiger partial charge in [-0.1, -0.05) is 12.1 Å². The van der Waals surface area contributed by atoms with E-state index in [0.29, 0.717) is 11.6 Å². The molecule has 0 saturated carbocycles. The fourth-order valence-electron chi connectivity index (χ4n) is 2.99. The molecular formula is C19H21F3N6O. The SMILES string of the molecule is COc1cc(NC2=NC(N)(c3ccc(C)cc3N)C(C(F)(F)F)=CN2)c(C)cn1. The minimum absolute atomic E-state index is 0.0248. The lowest BCUT2D eigenvalue weighted by molar-refractivity contribution is -0.102. The second kappa shape index (κ2) is 7.28. The maximum absolute atomic E-state index is 13.7. The number of aromatic nitrogens is 1. The van der Waals surface area contributed by atoms with Crippen LogP contribution >= 0.6 is 0 Å². The number of benzene rings is 1. The standard InChI is InChI=1S/C19H21F3N6O/c1-10-4-5-12(13(23)6-10)18(24)15(19(20,21)22)9-26-17(28-18)27-14-7-16(29-3)25-8-11(14)2/h4-9H,23-24H2,1-3H3,(H2,25,26,27,28). The van der Waals surface area contributed by atoms with Crippen molar-refractivity contribution in [1.82, 2.24) is 10.3 Å². The molecule has 1 unspecified atom stereocenters. The third-order valence-electron chi connectivity index (χ3n) is 4.52. The monoisotopic (exact) mass is 406 g/mol. The highest BCUT2D eigenvalue weighted by molar-refractivity contribution is 5.96. The van der Waals surface area contributed by atoms with Crippen molar-refractivity contribution in [2.45, 2.75) is 25.7 Å². The number of aryl methyl sites for hydroxylation is 2. The van der Waals surface area contributed by atoms with E-state index in [-0.39, 0.29) is 17.2 Å². The number of halogens is 3. The van der Waals surface area contributed by atoms with Crippen molar-refractivity contribution in [2.24, 2.45) is 10.7 Å². The van der Waals surface area contributed by atoms with Gasteiger partial charge in [0.25, 0.3) is 0 Å². The van der Waals surface area contributed by atoms with E-state index >= 15 is 0 Å². The van der Waals surface area contributed by atoms with Gasteiger partial charge in [0.05, 0.1) is 18.4 Å². The van der Waals surface area contributed by atoms with Crippen LogP contribution in [0.25, 0.3) is 0 Å². The van der Waals surface area contributed by atoms with Crippen molar-refractivity contribution < 1.29 is 17.9 Å². The fraction of sp³-hybridized carbons (Fsp3) is 0.263. The molecule has 154 valence electrons. The second-order valence-corrected chi connectivity index (χ2v) is 6.68. The van der Waals surface area contributed by atoms with Crippen LogP contribution in [0.5, 0.6) is 5.88 Å². The number of nitrogens with one attached hydrogen (secondary N) is 2. The Morgan fingerprint density at radius 1 is 1.21 bits per heavy atom. The minimum Gasteiger partial charge on any atom is -0.481 e.